The number of fused-ring (bicyclic) bond motifs is 2. The van der Waals surface area contributed by atoms with Crippen LogP contribution in [0.1, 0.15) is 12.5 Å². The number of aromatic nitrogens is 1. The highest BCUT2D eigenvalue weighted by Crippen LogP contribution is 2.32. The number of hydrogen-bond donors (Lipinski definition) is 1. The fourth-order valence-corrected chi connectivity index (χ4v) is 3.33. The maximum atomic E-state index is 12.1. The van der Waals surface area contributed by atoms with E-state index in [-0.39, 0.29) is 12.4 Å². The van der Waals surface area contributed by atoms with Gasteiger partial charge in [-0.1, -0.05) is 54.6 Å². The highest BCUT2D eigenvalue weighted by atomic mass is 16.5. The Morgan fingerprint density at radius 1 is 0.960 bits per heavy atom. The molecule has 0 saturated carbocycles. The molecule has 0 aliphatic carbocycles. The fourth-order valence-electron chi connectivity index (χ4n) is 3.33. The first kappa shape index (κ1) is 15.5. The molecule has 4 aromatic rings. The summed E-state index contributed by atoms with van der Waals surface area (Å²) in [6.45, 7) is 2.23. The van der Waals surface area contributed by atoms with E-state index < -0.39 is 0 Å². The van der Waals surface area contributed by atoms with Crippen molar-refractivity contribution in [2.75, 3.05) is 6.61 Å². The number of H-pyrrole nitrogens is 1. The molecule has 0 bridgehead atoms. The molecule has 0 fully saturated rings. The minimum Gasteiger partial charge on any atom is -0.466 e. The lowest BCUT2D eigenvalue weighted by Gasteiger charge is -2.07. The van der Waals surface area contributed by atoms with Crippen LogP contribution in [-0.4, -0.2) is 17.6 Å². The number of esters is 1. The first-order valence-electron chi connectivity index (χ1n) is 8.50. The smallest absolute Gasteiger partial charge is 0.310 e. The lowest BCUT2D eigenvalue weighted by molar-refractivity contribution is -0.142. The standard InChI is InChI=1S/C22H19NO2/c1-2-25-21(24)14-19-18-9-5-6-10-20(18)23-22(19)17-12-11-15-7-3-4-8-16(15)13-17/h3-13,23H,2,14H2,1H3. The van der Waals surface area contributed by atoms with Gasteiger partial charge in [0.1, 0.15) is 0 Å². The van der Waals surface area contributed by atoms with Gasteiger partial charge in [0.25, 0.3) is 0 Å². The van der Waals surface area contributed by atoms with Crippen molar-refractivity contribution in [2.45, 2.75) is 13.3 Å². The third kappa shape index (κ3) is 2.89. The Hall–Kier alpha value is -3.07. The lowest BCUT2D eigenvalue weighted by atomic mass is 10.00. The summed E-state index contributed by atoms with van der Waals surface area (Å²) in [5, 5.41) is 3.45. The topological polar surface area (TPSA) is 42.1 Å². The van der Waals surface area contributed by atoms with Gasteiger partial charge in [0.05, 0.1) is 18.7 Å². The summed E-state index contributed by atoms with van der Waals surface area (Å²) in [5.41, 5.74) is 4.09. The van der Waals surface area contributed by atoms with E-state index in [0.29, 0.717) is 6.61 Å². The molecule has 4 rings (SSSR count). The summed E-state index contributed by atoms with van der Waals surface area (Å²) < 4.78 is 5.17. The van der Waals surface area contributed by atoms with Gasteiger partial charge in [0.15, 0.2) is 0 Å². The number of nitrogens with one attached hydrogen (secondary N) is 1. The molecule has 0 aliphatic heterocycles. The van der Waals surface area contributed by atoms with E-state index in [9.17, 15) is 4.79 Å². The van der Waals surface area contributed by atoms with Crippen molar-refractivity contribution in [3.63, 3.8) is 0 Å². The number of rotatable bonds is 4. The molecule has 0 aliphatic rings. The van der Waals surface area contributed by atoms with Gasteiger partial charge in [-0.15, -0.1) is 0 Å². The molecule has 1 heterocycles. The Kier molecular flexibility index (Phi) is 3.98. The molecule has 0 saturated heterocycles. The van der Waals surface area contributed by atoms with Crippen LogP contribution in [0.5, 0.6) is 0 Å². The van der Waals surface area contributed by atoms with Gasteiger partial charge in [-0.3, -0.25) is 4.79 Å². The van der Waals surface area contributed by atoms with Crippen molar-refractivity contribution >= 4 is 27.6 Å². The number of ether oxygens (including phenoxy) is 1. The highest BCUT2D eigenvalue weighted by molar-refractivity contribution is 5.96. The fraction of sp³-hybridized carbons (Fsp3) is 0.136. The number of benzene rings is 3. The average molecular weight is 329 g/mol. The predicted octanol–water partition coefficient (Wildman–Crippen LogP) is 5.09. The normalized spacial score (nSPS) is 11.1. The van der Waals surface area contributed by atoms with Crippen LogP contribution in [0.4, 0.5) is 0 Å². The van der Waals surface area contributed by atoms with Crippen molar-refractivity contribution < 1.29 is 9.53 Å². The molecule has 3 aromatic carbocycles. The number of hydrogen-bond acceptors (Lipinski definition) is 2. The van der Waals surface area contributed by atoms with E-state index in [1.165, 1.54) is 10.8 Å². The van der Waals surface area contributed by atoms with Gasteiger partial charge >= 0.3 is 5.97 Å². The van der Waals surface area contributed by atoms with Crippen molar-refractivity contribution in [1.29, 1.82) is 0 Å². The number of carbonyl (C=O) groups excluding carboxylic acids is 1. The first-order chi connectivity index (χ1) is 12.3. The van der Waals surface area contributed by atoms with E-state index in [1.807, 2.05) is 43.3 Å². The molecular formula is C22H19NO2. The van der Waals surface area contributed by atoms with E-state index >= 15 is 0 Å². The molecule has 0 atom stereocenters. The van der Waals surface area contributed by atoms with Crippen LogP contribution >= 0.6 is 0 Å². The van der Waals surface area contributed by atoms with Crippen molar-refractivity contribution in [3.05, 3.63) is 72.3 Å². The maximum Gasteiger partial charge on any atom is 0.310 e. The van der Waals surface area contributed by atoms with Crippen molar-refractivity contribution in [3.8, 4) is 11.3 Å². The maximum absolute atomic E-state index is 12.1. The third-order valence-electron chi connectivity index (χ3n) is 4.48. The SMILES string of the molecule is CCOC(=O)Cc1c(-c2ccc3ccccc3c2)[nH]c2ccccc12. The zero-order valence-corrected chi connectivity index (χ0v) is 14.1. The van der Waals surface area contributed by atoms with Gasteiger partial charge in [0.2, 0.25) is 0 Å². The Balaban J connectivity index is 1.88. The summed E-state index contributed by atoms with van der Waals surface area (Å²) >= 11 is 0. The van der Waals surface area contributed by atoms with Crippen LogP contribution in [-0.2, 0) is 16.0 Å². The van der Waals surface area contributed by atoms with Crippen LogP contribution in [0, 0.1) is 0 Å². The summed E-state index contributed by atoms with van der Waals surface area (Å²) in [5.74, 6) is -0.200. The zero-order valence-electron chi connectivity index (χ0n) is 14.1. The lowest BCUT2D eigenvalue weighted by Crippen LogP contribution is -2.07. The molecule has 1 aromatic heterocycles. The first-order valence-corrected chi connectivity index (χ1v) is 8.50. The molecule has 0 spiro atoms. The Labute approximate surface area is 146 Å². The zero-order chi connectivity index (χ0) is 17.2. The van der Waals surface area contributed by atoms with Crippen LogP contribution in [0.25, 0.3) is 32.9 Å². The minimum atomic E-state index is -0.200. The number of aromatic amines is 1. The predicted molar refractivity (Wildman–Crippen MR) is 102 cm³/mol. The van der Waals surface area contributed by atoms with Gasteiger partial charge < -0.3 is 9.72 Å². The van der Waals surface area contributed by atoms with Crippen LogP contribution in [0.15, 0.2) is 66.7 Å². The molecule has 124 valence electrons. The second kappa shape index (κ2) is 6.44. The summed E-state index contributed by atoms with van der Waals surface area (Å²) in [6.07, 6.45) is 0.264. The summed E-state index contributed by atoms with van der Waals surface area (Å²) in [4.78, 5) is 15.6. The minimum absolute atomic E-state index is 0.200. The van der Waals surface area contributed by atoms with E-state index in [4.69, 9.17) is 4.74 Å². The third-order valence-corrected chi connectivity index (χ3v) is 4.48. The van der Waals surface area contributed by atoms with Gasteiger partial charge in [-0.2, -0.15) is 0 Å². The monoisotopic (exact) mass is 329 g/mol. The van der Waals surface area contributed by atoms with Crippen LogP contribution in [0.3, 0.4) is 0 Å². The van der Waals surface area contributed by atoms with Crippen molar-refractivity contribution in [1.82, 2.24) is 4.98 Å². The number of para-hydroxylation sites is 1. The molecule has 0 amide bonds. The van der Waals surface area contributed by atoms with Gasteiger partial charge in [0, 0.05) is 10.9 Å². The average Bonchev–Trinajstić information content (AvgIpc) is 3.00. The molecule has 0 radical (unpaired) electrons. The van der Waals surface area contributed by atoms with Crippen LogP contribution in [0.2, 0.25) is 0 Å². The van der Waals surface area contributed by atoms with Crippen LogP contribution < -0.4 is 0 Å². The molecule has 25 heavy (non-hydrogen) atoms. The largest absolute Gasteiger partial charge is 0.466 e. The van der Waals surface area contributed by atoms with E-state index in [0.717, 1.165) is 27.7 Å². The molecule has 1 N–H and O–H groups in total. The van der Waals surface area contributed by atoms with Crippen molar-refractivity contribution in [2.24, 2.45) is 0 Å². The van der Waals surface area contributed by atoms with Gasteiger partial charge in [-0.25, -0.2) is 0 Å². The summed E-state index contributed by atoms with van der Waals surface area (Å²) in [6, 6.07) is 22.7. The quantitative estimate of drug-likeness (QED) is 0.530. The highest BCUT2D eigenvalue weighted by Gasteiger charge is 2.16. The second-order valence-electron chi connectivity index (χ2n) is 6.07. The second-order valence-corrected chi connectivity index (χ2v) is 6.07. The number of carbonyl (C=O) groups is 1. The molecule has 3 nitrogen and oxygen atoms in total. The molecule has 0 unspecified atom stereocenters. The van der Waals surface area contributed by atoms with Gasteiger partial charge in [-0.05, 0) is 41.0 Å². The van der Waals surface area contributed by atoms with E-state index in [1.54, 1.807) is 0 Å². The van der Waals surface area contributed by atoms with E-state index in [2.05, 4.69) is 35.3 Å². The molecular weight excluding hydrogens is 310 g/mol. The molecule has 3 heteroatoms. The Bertz CT molecular complexity index is 1060. The summed E-state index contributed by atoms with van der Waals surface area (Å²) in [7, 11) is 0. The Morgan fingerprint density at radius 2 is 1.72 bits per heavy atom. The Morgan fingerprint density at radius 3 is 2.56 bits per heavy atom.